The second-order valence-corrected chi connectivity index (χ2v) is 3.63. The summed E-state index contributed by atoms with van der Waals surface area (Å²) in [5.74, 6) is 0. The number of hydrogen-bond donors (Lipinski definition) is 0. The van der Waals surface area contributed by atoms with Gasteiger partial charge in [-0.3, -0.25) is 0 Å². The Kier molecular flexibility index (Phi) is 1.86. The van der Waals surface area contributed by atoms with Crippen molar-refractivity contribution in [1.82, 2.24) is 0 Å². The largest absolute Gasteiger partial charge is 0.0665 e. The molecular formula is C9H13Si. The zero-order valence-corrected chi connectivity index (χ0v) is 8.08. The third-order valence-corrected chi connectivity index (χ3v) is 3.48. The standard InChI is InChI=1S/C9H13Si/c1-5-6(2)8(4)9(10)7(5)3/h9H,1-4H3. The summed E-state index contributed by atoms with van der Waals surface area (Å²) in [6.45, 7) is 8.75. The molecule has 1 heteroatoms. The van der Waals surface area contributed by atoms with Crippen molar-refractivity contribution in [2.24, 2.45) is 0 Å². The fraction of sp³-hybridized carbons (Fsp3) is 0.556. The SMILES string of the molecule is CC1=C(C)C([Si])C(C)=C1C. The van der Waals surface area contributed by atoms with Gasteiger partial charge in [0.05, 0.1) is 0 Å². The maximum Gasteiger partial charge on any atom is 0.0387 e. The number of hydrogen-bond acceptors (Lipinski definition) is 0. The van der Waals surface area contributed by atoms with Crippen molar-refractivity contribution in [3.8, 4) is 0 Å². The Balaban J connectivity index is 3.09. The molecule has 53 valence electrons. The second-order valence-electron chi connectivity index (χ2n) is 3.05. The van der Waals surface area contributed by atoms with Crippen LogP contribution >= 0.6 is 0 Å². The summed E-state index contributed by atoms with van der Waals surface area (Å²) in [5, 5.41) is 0. The van der Waals surface area contributed by atoms with Gasteiger partial charge in [0.2, 0.25) is 0 Å². The number of rotatable bonds is 0. The van der Waals surface area contributed by atoms with E-state index in [0.29, 0.717) is 5.54 Å². The first-order valence-corrected chi connectivity index (χ1v) is 4.19. The molecule has 0 atom stereocenters. The Morgan fingerprint density at radius 3 is 1.30 bits per heavy atom. The summed E-state index contributed by atoms with van der Waals surface area (Å²) in [5.41, 5.74) is 6.34. The topological polar surface area (TPSA) is 0 Å². The summed E-state index contributed by atoms with van der Waals surface area (Å²) >= 11 is 0. The molecule has 0 N–H and O–H groups in total. The Morgan fingerprint density at radius 1 is 0.900 bits per heavy atom. The highest BCUT2D eigenvalue weighted by atomic mass is 28.1. The third kappa shape index (κ3) is 0.890. The summed E-state index contributed by atoms with van der Waals surface area (Å²) < 4.78 is 0. The average molecular weight is 149 g/mol. The van der Waals surface area contributed by atoms with Gasteiger partial charge >= 0.3 is 0 Å². The van der Waals surface area contributed by atoms with E-state index in [1.54, 1.807) is 0 Å². The predicted molar refractivity (Wildman–Crippen MR) is 46.3 cm³/mol. The quantitative estimate of drug-likeness (QED) is 0.464. The highest BCUT2D eigenvalue weighted by Crippen LogP contribution is 2.38. The molecule has 1 aliphatic rings. The van der Waals surface area contributed by atoms with Gasteiger partial charge in [0.25, 0.3) is 0 Å². The van der Waals surface area contributed by atoms with Gasteiger partial charge < -0.3 is 0 Å². The van der Waals surface area contributed by atoms with Crippen LogP contribution in [0.15, 0.2) is 22.3 Å². The average Bonchev–Trinajstić information content (AvgIpc) is 2.07. The van der Waals surface area contributed by atoms with Crippen LogP contribution in [0.25, 0.3) is 0 Å². The maximum atomic E-state index is 3.68. The highest BCUT2D eigenvalue weighted by Gasteiger charge is 2.19. The smallest absolute Gasteiger partial charge is 0.0387 e. The zero-order valence-electron chi connectivity index (χ0n) is 7.08. The van der Waals surface area contributed by atoms with Crippen molar-refractivity contribution in [2.75, 3.05) is 0 Å². The van der Waals surface area contributed by atoms with Crippen molar-refractivity contribution in [1.29, 1.82) is 0 Å². The van der Waals surface area contributed by atoms with Crippen molar-refractivity contribution >= 4 is 10.2 Å². The Labute approximate surface area is 66.4 Å². The summed E-state index contributed by atoms with van der Waals surface area (Å²) in [4.78, 5) is 0. The molecule has 0 aromatic heterocycles. The molecule has 0 heterocycles. The fourth-order valence-electron chi connectivity index (χ4n) is 1.35. The maximum absolute atomic E-state index is 3.68. The molecule has 0 unspecified atom stereocenters. The fourth-order valence-corrected chi connectivity index (χ4v) is 1.78. The van der Waals surface area contributed by atoms with Crippen molar-refractivity contribution in [2.45, 2.75) is 33.2 Å². The Morgan fingerprint density at radius 2 is 1.20 bits per heavy atom. The lowest BCUT2D eigenvalue weighted by Crippen LogP contribution is -1.90. The second kappa shape index (κ2) is 2.39. The van der Waals surface area contributed by atoms with Crippen LogP contribution in [0.5, 0.6) is 0 Å². The molecule has 10 heavy (non-hydrogen) atoms. The van der Waals surface area contributed by atoms with Crippen LogP contribution in [-0.4, -0.2) is 10.2 Å². The molecule has 0 fully saturated rings. The van der Waals surface area contributed by atoms with Crippen LogP contribution in [0.3, 0.4) is 0 Å². The molecule has 0 saturated carbocycles. The molecule has 1 aliphatic carbocycles. The molecule has 0 nitrogen and oxygen atoms in total. The van der Waals surface area contributed by atoms with Gasteiger partial charge in [0, 0.05) is 10.2 Å². The highest BCUT2D eigenvalue weighted by molar-refractivity contribution is 6.16. The zero-order chi connectivity index (χ0) is 7.89. The van der Waals surface area contributed by atoms with Gasteiger partial charge in [0.1, 0.15) is 0 Å². The molecule has 0 saturated heterocycles. The van der Waals surface area contributed by atoms with Crippen LogP contribution in [0.2, 0.25) is 5.54 Å². The number of allylic oxidation sites excluding steroid dienone is 4. The van der Waals surface area contributed by atoms with Crippen LogP contribution in [0.4, 0.5) is 0 Å². The molecule has 0 aromatic carbocycles. The molecule has 0 bridgehead atoms. The minimum atomic E-state index is 0.500. The Hall–Kier alpha value is -0.303. The van der Waals surface area contributed by atoms with Gasteiger partial charge in [0.15, 0.2) is 0 Å². The Bertz CT molecular complexity index is 197. The van der Waals surface area contributed by atoms with E-state index in [2.05, 4.69) is 37.9 Å². The van der Waals surface area contributed by atoms with E-state index in [4.69, 9.17) is 0 Å². The molecule has 0 spiro atoms. The summed E-state index contributed by atoms with van der Waals surface area (Å²) in [7, 11) is 3.68. The minimum Gasteiger partial charge on any atom is -0.0665 e. The van der Waals surface area contributed by atoms with Gasteiger partial charge in [-0.05, 0) is 44.4 Å². The van der Waals surface area contributed by atoms with E-state index >= 15 is 0 Å². The van der Waals surface area contributed by atoms with E-state index < -0.39 is 0 Å². The van der Waals surface area contributed by atoms with E-state index in [1.165, 1.54) is 22.3 Å². The summed E-state index contributed by atoms with van der Waals surface area (Å²) in [6, 6.07) is 0. The monoisotopic (exact) mass is 149 g/mol. The van der Waals surface area contributed by atoms with E-state index in [9.17, 15) is 0 Å². The van der Waals surface area contributed by atoms with Crippen LogP contribution in [0.1, 0.15) is 27.7 Å². The molecule has 1 rings (SSSR count). The molecule has 0 amide bonds. The van der Waals surface area contributed by atoms with Crippen LogP contribution < -0.4 is 0 Å². The van der Waals surface area contributed by atoms with Crippen molar-refractivity contribution in [3.05, 3.63) is 22.3 Å². The minimum absolute atomic E-state index is 0.500. The molecular weight excluding hydrogens is 136 g/mol. The lowest BCUT2D eigenvalue weighted by molar-refractivity contribution is 1.12. The van der Waals surface area contributed by atoms with Gasteiger partial charge in [-0.15, -0.1) is 0 Å². The first-order valence-electron chi connectivity index (χ1n) is 3.62. The molecule has 3 radical (unpaired) electrons. The van der Waals surface area contributed by atoms with E-state index in [1.807, 2.05) is 0 Å². The van der Waals surface area contributed by atoms with Crippen LogP contribution in [0, 0.1) is 0 Å². The third-order valence-electron chi connectivity index (χ3n) is 2.61. The van der Waals surface area contributed by atoms with Crippen molar-refractivity contribution < 1.29 is 0 Å². The van der Waals surface area contributed by atoms with Crippen LogP contribution in [-0.2, 0) is 0 Å². The van der Waals surface area contributed by atoms with Gasteiger partial charge in [-0.25, -0.2) is 0 Å². The van der Waals surface area contributed by atoms with Crippen molar-refractivity contribution in [3.63, 3.8) is 0 Å². The first kappa shape index (κ1) is 7.80. The normalized spacial score (nSPS) is 21.3. The predicted octanol–water partition coefficient (Wildman–Crippen LogP) is 2.63. The lowest BCUT2D eigenvalue weighted by Gasteiger charge is -2.05. The lowest BCUT2D eigenvalue weighted by atomic mass is 10.1. The van der Waals surface area contributed by atoms with Gasteiger partial charge in [-0.2, -0.15) is 0 Å². The summed E-state index contributed by atoms with van der Waals surface area (Å²) in [6.07, 6.45) is 0. The van der Waals surface area contributed by atoms with Gasteiger partial charge in [-0.1, -0.05) is 11.1 Å². The van der Waals surface area contributed by atoms with E-state index in [0.717, 1.165) is 0 Å². The first-order chi connectivity index (χ1) is 4.55. The molecule has 0 aromatic rings. The van der Waals surface area contributed by atoms with E-state index in [-0.39, 0.29) is 0 Å². The molecule has 0 aliphatic heterocycles.